The van der Waals surface area contributed by atoms with E-state index in [2.05, 4.69) is 11.0 Å². The van der Waals surface area contributed by atoms with Crippen LogP contribution in [-0.2, 0) is 27.4 Å². The molecule has 0 heterocycles. The Morgan fingerprint density at radius 2 is 1.07 bits per heavy atom. The Morgan fingerprint density at radius 1 is 0.741 bits per heavy atom. The van der Waals surface area contributed by atoms with Crippen LogP contribution in [0.3, 0.4) is 0 Å². The second-order valence-electron chi connectivity index (χ2n) is 5.86. The van der Waals surface area contributed by atoms with Crippen molar-refractivity contribution in [3.8, 4) is 11.5 Å². The van der Waals surface area contributed by atoms with Gasteiger partial charge in [-0.3, -0.25) is 9.59 Å². The Kier molecular flexibility index (Phi) is 7.12. The first kappa shape index (κ1) is 20.2. The van der Waals surface area contributed by atoms with E-state index in [1.54, 1.807) is 24.3 Å². The fourth-order valence-corrected chi connectivity index (χ4v) is 2.27. The molecule has 0 amide bonds. The van der Waals surface area contributed by atoms with E-state index in [0.717, 1.165) is 0 Å². The van der Waals surface area contributed by atoms with Crippen LogP contribution in [0.2, 0.25) is 0 Å². The summed E-state index contributed by atoms with van der Waals surface area (Å²) < 4.78 is 0. The summed E-state index contributed by atoms with van der Waals surface area (Å²) in [5, 5.41) is 37.0. The van der Waals surface area contributed by atoms with Crippen molar-refractivity contribution < 1.29 is 35.0 Å². The van der Waals surface area contributed by atoms with Gasteiger partial charge in [0.1, 0.15) is 23.6 Å². The molecule has 0 fully saturated rings. The summed E-state index contributed by atoms with van der Waals surface area (Å²) in [4.78, 5) is 27.6. The highest BCUT2D eigenvalue weighted by Crippen LogP contribution is 2.12. The van der Waals surface area contributed by atoms with Gasteiger partial charge >= 0.3 is 11.9 Å². The first-order valence-corrected chi connectivity index (χ1v) is 8.03. The van der Waals surface area contributed by atoms with E-state index in [1.165, 1.54) is 24.3 Å². The molecule has 27 heavy (non-hydrogen) atoms. The van der Waals surface area contributed by atoms with Gasteiger partial charge in [-0.1, -0.05) is 24.3 Å². The fraction of sp³-hybridized carbons (Fsp3) is 0.222. The number of nitrogens with one attached hydrogen (secondary N) is 2. The molecule has 0 aliphatic rings. The van der Waals surface area contributed by atoms with E-state index in [4.69, 9.17) is 4.94 Å². The summed E-state index contributed by atoms with van der Waals surface area (Å²) in [7, 11) is 0. The number of carboxylic acids is 2. The maximum atomic E-state index is 11.3. The Bertz CT molecular complexity index is 697. The number of aliphatic carboxylic acids is 2. The van der Waals surface area contributed by atoms with E-state index in [9.17, 15) is 30.0 Å². The smallest absolute Gasteiger partial charge is 0.323 e. The van der Waals surface area contributed by atoms with Crippen LogP contribution in [0.4, 0.5) is 0 Å². The molecule has 144 valence electrons. The number of phenolic OH excluding ortho intramolecular Hbond substituents is 2. The summed E-state index contributed by atoms with van der Waals surface area (Å²) in [6.07, 6.45) is 0.125. The highest BCUT2D eigenvalue weighted by atomic mass is 16.8. The standard InChI is InChI=1S/C18H20N2O7/c21-13-5-1-11(2-6-13)9-15(17(23)24)19-27-20-16(18(25)26)10-12-3-7-14(22)8-4-12/h1-8,15-16,19-22H,9-10H2,(H,23,24)(H,25,26)/t15-,16-/m0/s1. The summed E-state index contributed by atoms with van der Waals surface area (Å²) in [5.74, 6) is -2.24. The van der Waals surface area contributed by atoms with Gasteiger partial charge in [-0.15, -0.1) is 0 Å². The van der Waals surface area contributed by atoms with Gasteiger partial charge < -0.3 is 20.4 Å². The predicted octanol–water partition coefficient (Wildman–Crippen LogP) is 0.815. The topological polar surface area (TPSA) is 148 Å². The van der Waals surface area contributed by atoms with Gasteiger partial charge in [0, 0.05) is 12.8 Å². The minimum Gasteiger partial charge on any atom is -0.508 e. The second kappa shape index (κ2) is 9.53. The molecular formula is C18H20N2O7. The quantitative estimate of drug-likeness (QED) is 0.331. The fourth-order valence-electron chi connectivity index (χ4n) is 2.27. The predicted molar refractivity (Wildman–Crippen MR) is 93.8 cm³/mol. The van der Waals surface area contributed by atoms with Crippen LogP contribution in [0.1, 0.15) is 11.1 Å². The van der Waals surface area contributed by atoms with Crippen molar-refractivity contribution in [2.45, 2.75) is 24.9 Å². The lowest BCUT2D eigenvalue weighted by atomic mass is 10.1. The first-order valence-electron chi connectivity index (χ1n) is 8.03. The average molecular weight is 376 g/mol. The molecule has 9 heteroatoms. The van der Waals surface area contributed by atoms with Gasteiger partial charge in [0.05, 0.1) is 0 Å². The van der Waals surface area contributed by atoms with Gasteiger partial charge in [0.2, 0.25) is 0 Å². The van der Waals surface area contributed by atoms with Crippen LogP contribution in [0.5, 0.6) is 11.5 Å². The van der Waals surface area contributed by atoms with E-state index >= 15 is 0 Å². The molecular weight excluding hydrogens is 356 g/mol. The minimum absolute atomic E-state index is 0.0625. The zero-order valence-electron chi connectivity index (χ0n) is 14.2. The Labute approximate surface area is 154 Å². The third-order valence-corrected chi connectivity index (χ3v) is 3.75. The van der Waals surface area contributed by atoms with E-state index in [-0.39, 0.29) is 24.3 Å². The van der Waals surface area contributed by atoms with Crippen molar-refractivity contribution in [3.05, 3.63) is 59.7 Å². The lowest BCUT2D eigenvalue weighted by Crippen LogP contribution is -2.47. The Hall–Kier alpha value is -3.14. The van der Waals surface area contributed by atoms with Gasteiger partial charge in [0.15, 0.2) is 0 Å². The normalized spacial score (nSPS) is 13.0. The van der Waals surface area contributed by atoms with Crippen LogP contribution < -0.4 is 11.0 Å². The van der Waals surface area contributed by atoms with Crippen LogP contribution in [0.25, 0.3) is 0 Å². The lowest BCUT2D eigenvalue weighted by molar-refractivity contribution is -0.155. The number of aromatic hydroxyl groups is 2. The molecule has 0 aliphatic carbocycles. The minimum atomic E-state index is -1.18. The van der Waals surface area contributed by atoms with Crippen LogP contribution in [-0.4, -0.2) is 44.4 Å². The van der Waals surface area contributed by atoms with Crippen molar-refractivity contribution in [1.29, 1.82) is 0 Å². The maximum Gasteiger partial charge on any atom is 0.323 e. The average Bonchev–Trinajstić information content (AvgIpc) is 2.63. The van der Waals surface area contributed by atoms with E-state index in [0.29, 0.717) is 11.1 Å². The Morgan fingerprint density at radius 3 is 1.37 bits per heavy atom. The molecule has 0 spiro atoms. The number of rotatable bonds is 10. The van der Waals surface area contributed by atoms with Gasteiger partial charge in [-0.2, -0.15) is 11.0 Å². The Balaban J connectivity index is 1.90. The molecule has 0 unspecified atom stereocenters. The van der Waals surface area contributed by atoms with Crippen LogP contribution in [0.15, 0.2) is 48.5 Å². The van der Waals surface area contributed by atoms with Crippen molar-refractivity contribution in [1.82, 2.24) is 11.0 Å². The highest BCUT2D eigenvalue weighted by Gasteiger charge is 2.22. The lowest BCUT2D eigenvalue weighted by Gasteiger charge is -2.18. The molecule has 2 rings (SSSR count). The van der Waals surface area contributed by atoms with Gasteiger partial charge in [0.25, 0.3) is 0 Å². The van der Waals surface area contributed by atoms with Crippen molar-refractivity contribution in [2.75, 3.05) is 0 Å². The molecule has 6 N–H and O–H groups in total. The molecule has 2 aromatic rings. The zero-order valence-corrected chi connectivity index (χ0v) is 14.2. The third-order valence-electron chi connectivity index (χ3n) is 3.75. The van der Waals surface area contributed by atoms with Crippen LogP contribution in [0, 0.1) is 0 Å². The summed E-state index contributed by atoms with van der Waals surface area (Å²) in [6, 6.07) is 9.77. The number of carbonyl (C=O) groups is 2. The van der Waals surface area contributed by atoms with E-state index in [1.807, 2.05) is 0 Å². The molecule has 0 aliphatic heterocycles. The molecule has 0 radical (unpaired) electrons. The number of carboxylic acid groups (broad SMARTS) is 2. The number of hydrogen-bond acceptors (Lipinski definition) is 7. The monoisotopic (exact) mass is 376 g/mol. The van der Waals surface area contributed by atoms with Crippen molar-refractivity contribution in [2.24, 2.45) is 0 Å². The van der Waals surface area contributed by atoms with Crippen LogP contribution >= 0.6 is 0 Å². The number of hydroxylamine groups is 2. The van der Waals surface area contributed by atoms with Crippen molar-refractivity contribution >= 4 is 11.9 Å². The summed E-state index contributed by atoms with van der Waals surface area (Å²) in [6.45, 7) is 0. The van der Waals surface area contributed by atoms with Crippen molar-refractivity contribution in [3.63, 3.8) is 0 Å². The van der Waals surface area contributed by atoms with Gasteiger partial charge in [-0.05, 0) is 35.4 Å². The number of benzene rings is 2. The third kappa shape index (κ3) is 6.59. The number of hydrogen-bond donors (Lipinski definition) is 6. The summed E-state index contributed by atoms with van der Waals surface area (Å²) in [5.41, 5.74) is 5.87. The number of phenols is 2. The molecule has 0 aromatic heterocycles. The highest BCUT2D eigenvalue weighted by molar-refractivity contribution is 5.74. The molecule has 0 saturated carbocycles. The molecule has 0 bridgehead atoms. The van der Waals surface area contributed by atoms with Gasteiger partial charge in [-0.25, -0.2) is 4.94 Å². The van der Waals surface area contributed by atoms with E-state index < -0.39 is 24.0 Å². The maximum absolute atomic E-state index is 11.3. The molecule has 2 aromatic carbocycles. The SMILES string of the molecule is O=C(O)[C@H](Cc1ccc(O)cc1)NON[C@@H](Cc1ccc(O)cc1)C(=O)O. The first-order chi connectivity index (χ1) is 12.8. The second-order valence-corrected chi connectivity index (χ2v) is 5.86. The zero-order chi connectivity index (χ0) is 19.8. The molecule has 0 saturated heterocycles. The molecule has 9 nitrogen and oxygen atoms in total. The largest absolute Gasteiger partial charge is 0.508 e. The molecule has 2 atom stereocenters. The summed E-state index contributed by atoms with van der Waals surface area (Å²) >= 11 is 0.